The Labute approximate surface area is 148 Å². The molecule has 0 fully saturated rings. The molecule has 0 aliphatic rings. The number of aryl methyl sites for hydroxylation is 1. The zero-order valence-electron chi connectivity index (χ0n) is 14.0. The second-order valence-corrected chi connectivity index (χ2v) is 5.77. The number of aromatic nitrogens is 4. The number of nitrogens with zero attached hydrogens (tertiary/aromatic N) is 4. The molecule has 0 aliphatic carbocycles. The van der Waals surface area contributed by atoms with Gasteiger partial charge in [0.2, 0.25) is 0 Å². The summed E-state index contributed by atoms with van der Waals surface area (Å²) in [7, 11) is 0. The minimum absolute atomic E-state index is 0.220. The molecule has 130 valence electrons. The molecular weight excluding hydrogens is 332 g/mol. The second-order valence-electron chi connectivity index (χ2n) is 5.77. The predicted molar refractivity (Wildman–Crippen MR) is 95.5 cm³/mol. The van der Waals surface area contributed by atoms with E-state index in [2.05, 4.69) is 20.4 Å². The van der Waals surface area contributed by atoms with Gasteiger partial charge in [-0.25, -0.2) is 9.50 Å². The third kappa shape index (κ3) is 2.77. The average Bonchev–Trinajstić information content (AvgIpc) is 3.28. The van der Waals surface area contributed by atoms with Crippen LogP contribution in [0.5, 0.6) is 0 Å². The van der Waals surface area contributed by atoms with E-state index in [1.807, 2.05) is 19.1 Å². The minimum Gasteiger partial charge on any atom is -0.463 e. The third-order valence-corrected chi connectivity index (χ3v) is 4.04. The highest BCUT2D eigenvalue weighted by molar-refractivity contribution is 6.04. The van der Waals surface area contributed by atoms with E-state index in [1.165, 1.54) is 10.8 Å². The van der Waals surface area contributed by atoms with E-state index in [4.69, 9.17) is 10.2 Å². The van der Waals surface area contributed by atoms with Crippen LogP contribution in [0.2, 0.25) is 0 Å². The van der Waals surface area contributed by atoms with Gasteiger partial charge in [-0.2, -0.15) is 5.10 Å². The van der Waals surface area contributed by atoms with Crippen LogP contribution in [0.1, 0.15) is 21.6 Å². The normalized spacial score (nSPS) is 11.0. The van der Waals surface area contributed by atoms with E-state index >= 15 is 0 Å². The lowest BCUT2D eigenvalue weighted by Gasteiger charge is -2.07. The number of amides is 1. The van der Waals surface area contributed by atoms with Gasteiger partial charge in [-0.1, -0.05) is 6.07 Å². The molecule has 4 rings (SSSR count). The highest BCUT2D eigenvalue weighted by atomic mass is 16.3. The van der Waals surface area contributed by atoms with E-state index in [1.54, 1.807) is 30.6 Å². The fraction of sp³-hybridized carbons (Fsp3) is 0.111. The molecule has 1 amide bonds. The number of carbonyl (C=O) groups excluding carboxylic acids is 1. The molecule has 4 aromatic rings. The largest absolute Gasteiger partial charge is 0.463 e. The molecule has 0 radical (unpaired) electrons. The number of anilines is 1. The fourth-order valence-electron chi connectivity index (χ4n) is 2.72. The van der Waals surface area contributed by atoms with Gasteiger partial charge in [0.05, 0.1) is 18.5 Å². The Kier molecular flexibility index (Phi) is 3.85. The van der Waals surface area contributed by atoms with Gasteiger partial charge in [-0.05, 0) is 36.8 Å². The number of hydrogen-bond acceptors (Lipinski definition) is 6. The van der Waals surface area contributed by atoms with Crippen LogP contribution in [0.15, 0.2) is 53.4 Å². The first-order chi connectivity index (χ1) is 12.6. The third-order valence-electron chi connectivity index (χ3n) is 4.04. The number of nitrogens with two attached hydrogens (primary N) is 1. The van der Waals surface area contributed by atoms with Crippen molar-refractivity contribution in [2.45, 2.75) is 13.5 Å². The van der Waals surface area contributed by atoms with Crippen molar-refractivity contribution in [1.82, 2.24) is 19.6 Å². The number of pyridine rings is 1. The summed E-state index contributed by atoms with van der Waals surface area (Å²) in [6.45, 7) is 2.51. The highest BCUT2D eigenvalue weighted by Crippen LogP contribution is 2.26. The lowest BCUT2D eigenvalue weighted by atomic mass is 10.2. The number of primary amides is 1. The molecule has 8 heteroatoms. The van der Waals surface area contributed by atoms with Gasteiger partial charge < -0.3 is 15.5 Å². The summed E-state index contributed by atoms with van der Waals surface area (Å²) in [6, 6.07) is 9.11. The summed E-state index contributed by atoms with van der Waals surface area (Å²) in [6.07, 6.45) is 4.98. The van der Waals surface area contributed by atoms with E-state index in [0.717, 1.165) is 11.3 Å². The first-order valence-electron chi connectivity index (χ1n) is 8.01. The molecule has 4 heterocycles. The van der Waals surface area contributed by atoms with Gasteiger partial charge in [0, 0.05) is 12.4 Å². The number of hydrogen-bond donors (Lipinski definition) is 2. The number of rotatable bonds is 5. The van der Waals surface area contributed by atoms with E-state index < -0.39 is 5.91 Å². The first-order valence-corrected chi connectivity index (χ1v) is 8.01. The Morgan fingerprint density at radius 2 is 2.19 bits per heavy atom. The Balaban J connectivity index is 1.71. The number of carbonyl (C=O) groups is 1. The smallest absolute Gasteiger partial charge is 0.254 e. The van der Waals surface area contributed by atoms with Crippen LogP contribution in [-0.2, 0) is 6.54 Å². The molecule has 0 aliphatic heterocycles. The van der Waals surface area contributed by atoms with Crippen LogP contribution in [-0.4, -0.2) is 25.5 Å². The average molecular weight is 348 g/mol. The van der Waals surface area contributed by atoms with Crippen LogP contribution in [0, 0.1) is 6.92 Å². The van der Waals surface area contributed by atoms with Crippen LogP contribution in [0.25, 0.3) is 17.1 Å². The zero-order valence-corrected chi connectivity index (χ0v) is 14.0. The van der Waals surface area contributed by atoms with Gasteiger partial charge in [0.1, 0.15) is 17.1 Å². The SMILES string of the molecule is Cc1cccnc1CNc1ccn2nc(-c3ccco3)c(C(N)=O)c2n1. The molecule has 0 aromatic carbocycles. The Hall–Kier alpha value is -3.68. The van der Waals surface area contributed by atoms with Crippen molar-refractivity contribution in [3.05, 3.63) is 65.8 Å². The zero-order chi connectivity index (χ0) is 18.1. The Morgan fingerprint density at radius 3 is 2.92 bits per heavy atom. The van der Waals surface area contributed by atoms with Crippen molar-refractivity contribution in [2.75, 3.05) is 5.32 Å². The van der Waals surface area contributed by atoms with Gasteiger partial charge in [-0.3, -0.25) is 9.78 Å². The first kappa shape index (κ1) is 15.8. The maximum atomic E-state index is 12.0. The number of nitrogens with one attached hydrogen (secondary N) is 1. The molecule has 4 aromatic heterocycles. The molecule has 0 atom stereocenters. The van der Waals surface area contributed by atoms with Gasteiger partial charge in [0.15, 0.2) is 11.4 Å². The number of fused-ring (bicyclic) bond motifs is 1. The topological polar surface area (TPSA) is 111 Å². The summed E-state index contributed by atoms with van der Waals surface area (Å²) >= 11 is 0. The lowest BCUT2D eigenvalue weighted by Crippen LogP contribution is -2.12. The molecule has 8 nitrogen and oxygen atoms in total. The van der Waals surface area contributed by atoms with Crippen molar-refractivity contribution in [2.24, 2.45) is 5.73 Å². The fourth-order valence-corrected chi connectivity index (χ4v) is 2.72. The molecule has 26 heavy (non-hydrogen) atoms. The maximum Gasteiger partial charge on any atom is 0.254 e. The van der Waals surface area contributed by atoms with Gasteiger partial charge in [0.25, 0.3) is 5.91 Å². The molecule has 0 saturated carbocycles. The van der Waals surface area contributed by atoms with Crippen molar-refractivity contribution >= 4 is 17.4 Å². The molecule has 0 spiro atoms. The highest BCUT2D eigenvalue weighted by Gasteiger charge is 2.22. The summed E-state index contributed by atoms with van der Waals surface area (Å²) in [5.41, 5.74) is 8.53. The monoisotopic (exact) mass is 348 g/mol. The minimum atomic E-state index is -0.614. The summed E-state index contributed by atoms with van der Waals surface area (Å²) in [4.78, 5) is 20.8. The van der Waals surface area contributed by atoms with Crippen molar-refractivity contribution in [3.63, 3.8) is 0 Å². The van der Waals surface area contributed by atoms with E-state index in [-0.39, 0.29) is 5.56 Å². The van der Waals surface area contributed by atoms with Crippen LogP contribution >= 0.6 is 0 Å². The summed E-state index contributed by atoms with van der Waals surface area (Å²) in [5.74, 6) is 0.440. The van der Waals surface area contributed by atoms with Gasteiger partial charge in [-0.15, -0.1) is 0 Å². The lowest BCUT2D eigenvalue weighted by molar-refractivity contribution is 0.100. The molecule has 0 bridgehead atoms. The number of furan rings is 1. The molecule has 3 N–H and O–H groups in total. The summed E-state index contributed by atoms with van der Waals surface area (Å²) < 4.78 is 6.86. The van der Waals surface area contributed by atoms with E-state index in [9.17, 15) is 4.79 Å². The quantitative estimate of drug-likeness (QED) is 0.573. The second kappa shape index (κ2) is 6.32. The van der Waals surface area contributed by atoms with Crippen molar-refractivity contribution < 1.29 is 9.21 Å². The maximum absolute atomic E-state index is 12.0. The van der Waals surface area contributed by atoms with Crippen LogP contribution in [0.3, 0.4) is 0 Å². The van der Waals surface area contributed by atoms with Crippen molar-refractivity contribution in [3.8, 4) is 11.5 Å². The van der Waals surface area contributed by atoms with Gasteiger partial charge >= 0.3 is 0 Å². The van der Waals surface area contributed by atoms with Crippen LogP contribution < -0.4 is 11.1 Å². The standard InChI is InChI=1S/C18H16N6O2/c1-11-4-2-7-20-12(11)10-21-14-6-8-24-18(22-14)15(17(19)25)16(23-24)13-5-3-9-26-13/h2-9H,10H2,1H3,(H2,19,25)(H,21,22). The molecular formula is C18H16N6O2. The Bertz CT molecular complexity index is 1080. The Morgan fingerprint density at radius 1 is 1.31 bits per heavy atom. The van der Waals surface area contributed by atoms with Crippen molar-refractivity contribution in [1.29, 1.82) is 0 Å². The van der Waals surface area contributed by atoms with E-state index in [0.29, 0.717) is 29.5 Å². The van der Waals surface area contributed by atoms with Crippen LogP contribution in [0.4, 0.5) is 5.82 Å². The predicted octanol–water partition coefficient (Wildman–Crippen LogP) is 2.40. The molecule has 0 saturated heterocycles. The summed E-state index contributed by atoms with van der Waals surface area (Å²) in [5, 5.41) is 7.58. The molecule has 0 unspecified atom stereocenters.